The van der Waals surface area contributed by atoms with Crippen LogP contribution < -0.4 is 10.0 Å². The summed E-state index contributed by atoms with van der Waals surface area (Å²) in [5, 5.41) is 3.10. The Bertz CT molecular complexity index is 1040. The van der Waals surface area contributed by atoms with Crippen molar-refractivity contribution in [2.75, 3.05) is 44.1 Å². The van der Waals surface area contributed by atoms with Crippen LogP contribution in [0.1, 0.15) is 37.3 Å². The summed E-state index contributed by atoms with van der Waals surface area (Å²) in [5.41, 5.74) is 2.03. The molecule has 0 unspecified atom stereocenters. The predicted octanol–water partition coefficient (Wildman–Crippen LogP) is 2.92. The molecule has 0 radical (unpaired) electrons. The number of amides is 1. The smallest absolute Gasteiger partial charge is 0.261 e. The van der Waals surface area contributed by atoms with Crippen LogP contribution in [0.4, 0.5) is 5.69 Å². The number of nitrogens with one attached hydrogen (secondary N) is 2. The first-order chi connectivity index (χ1) is 15.9. The highest BCUT2D eigenvalue weighted by Crippen LogP contribution is 2.48. The Hall–Kier alpha value is -2.42. The number of carbonyl (C=O) groups is 1. The zero-order valence-corrected chi connectivity index (χ0v) is 20.0. The Morgan fingerprint density at radius 3 is 2.30 bits per heavy atom. The standard InChI is InChI=1S/C25H33N3O4S/c1-2-20-4-10-23(11-5-20)33(30,31)27-22-8-6-21(7-9-22)25(12-13-25)24(29)26-14-3-15-28-16-18-32-19-17-28/h4-11,27H,2-3,12-19H2,1H3,(H,26,29). The van der Waals surface area contributed by atoms with Crippen molar-refractivity contribution in [2.45, 2.75) is 42.9 Å². The van der Waals surface area contributed by atoms with E-state index in [4.69, 9.17) is 4.74 Å². The van der Waals surface area contributed by atoms with Crippen LogP contribution in [-0.2, 0) is 31.4 Å². The van der Waals surface area contributed by atoms with Crippen molar-refractivity contribution in [3.63, 3.8) is 0 Å². The molecule has 0 atom stereocenters. The first-order valence-corrected chi connectivity index (χ1v) is 13.2. The van der Waals surface area contributed by atoms with Crippen LogP contribution in [0.2, 0.25) is 0 Å². The van der Waals surface area contributed by atoms with Crippen LogP contribution in [-0.4, -0.2) is 58.6 Å². The van der Waals surface area contributed by atoms with Crippen molar-refractivity contribution in [3.05, 3.63) is 59.7 Å². The lowest BCUT2D eigenvalue weighted by atomic mass is 9.95. The molecule has 2 aromatic carbocycles. The Balaban J connectivity index is 1.31. The van der Waals surface area contributed by atoms with Gasteiger partial charge >= 0.3 is 0 Å². The Morgan fingerprint density at radius 1 is 1.03 bits per heavy atom. The molecule has 2 fully saturated rings. The zero-order chi connectivity index (χ0) is 23.3. The van der Waals surface area contributed by atoms with Crippen LogP contribution in [0.25, 0.3) is 0 Å². The maximum Gasteiger partial charge on any atom is 0.261 e. The minimum atomic E-state index is -3.65. The van der Waals surface area contributed by atoms with Crippen LogP contribution in [0, 0.1) is 0 Å². The molecule has 2 N–H and O–H groups in total. The second-order valence-corrected chi connectivity index (χ2v) is 10.5. The predicted molar refractivity (Wildman–Crippen MR) is 129 cm³/mol. The molecule has 2 aromatic rings. The summed E-state index contributed by atoms with van der Waals surface area (Å²) in [6.45, 7) is 7.14. The number of anilines is 1. The first kappa shape index (κ1) is 23.7. The van der Waals surface area contributed by atoms with E-state index in [-0.39, 0.29) is 10.8 Å². The van der Waals surface area contributed by atoms with E-state index in [9.17, 15) is 13.2 Å². The van der Waals surface area contributed by atoms with Gasteiger partial charge in [0.05, 0.1) is 23.5 Å². The topological polar surface area (TPSA) is 87.7 Å². The van der Waals surface area contributed by atoms with E-state index < -0.39 is 15.4 Å². The molecular formula is C25H33N3O4S. The van der Waals surface area contributed by atoms with Crippen molar-refractivity contribution in [1.29, 1.82) is 0 Å². The van der Waals surface area contributed by atoms with E-state index in [2.05, 4.69) is 14.9 Å². The van der Waals surface area contributed by atoms with E-state index >= 15 is 0 Å². The SMILES string of the molecule is CCc1ccc(S(=O)(=O)Nc2ccc(C3(C(=O)NCCCN4CCOCC4)CC3)cc2)cc1. The molecule has 8 heteroatoms. The molecule has 4 rings (SSSR count). The third-order valence-corrected chi connectivity index (χ3v) is 7.95. The van der Waals surface area contributed by atoms with E-state index in [1.54, 1.807) is 24.3 Å². The van der Waals surface area contributed by atoms with Crippen molar-refractivity contribution < 1.29 is 17.9 Å². The van der Waals surface area contributed by atoms with Gasteiger partial charge in [0, 0.05) is 25.3 Å². The molecule has 33 heavy (non-hydrogen) atoms. The van der Waals surface area contributed by atoms with Gasteiger partial charge in [-0.15, -0.1) is 0 Å². The normalized spacial score (nSPS) is 18.0. The van der Waals surface area contributed by atoms with Gasteiger partial charge in [0.15, 0.2) is 0 Å². The van der Waals surface area contributed by atoms with Gasteiger partial charge in [-0.05, 0) is 67.6 Å². The molecule has 0 aromatic heterocycles. The molecule has 1 saturated carbocycles. The fourth-order valence-corrected chi connectivity index (χ4v) is 5.30. The second kappa shape index (κ2) is 10.2. The monoisotopic (exact) mass is 471 g/mol. The number of carbonyl (C=O) groups excluding carboxylic acids is 1. The number of ether oxygens (including phenoxy) is 1. The molecule has 0 spiro atoms. The second-order valence-electron chi connectivity index (χ2n) is 8.83. The number of nitrogens with zero attached hydrogens (tertiary/aromatic N) is 1. The summed E-state index contributed by atoms with van der Waals surface area (Å²) in [6, 6.07) is 14.1. The number of morpholine rings is 1. The number of rotatable bonds is 10. The third-order valence-electron chi connectivity index (χ3n) is 6.56. The molecule has 1 aliphatic heterocycles. The average molecular weight is 472 g/mol. The van der Waals surface area contributed by atoms with Gasteiger partial charge in [-0.3, -0.25) is 14.4 Å². The van der Waals surface area contributed by atoms with E-state index in [0.717, 1.165) is 69.7 Å². The maximum atomic E-state index is 12.9. The highest BCUT2D eigenvalue weighted by Gasteiger charge is 2.51. The van der Waals surface area contributed by atoms with Crippen LogP contribution in [0.5, 0.6) is 0 Å². The minimum absolute atomic E-state index is 0.0637. The van der Waals surface area contributed by atoms with Crippen molar-refractivity contribution in [1.82, 2.24) is 10.2 Å². The van der Waals surface area contributed by atoms with Gasteiger partial charge in [0.2, 0.25) is 5.91 Å². The molecule has 1 aliphatic carbocycles. The summed E-state index contributed by atoms with van der Waals surface area (Å²) < 4.78 is 33.4. The quantitative estimate of drug-likeness (QED) is 0.520. The maximum absolute atomic E-state index is 12.9. The number of hydrogen-bond donors (Lipinski definition) is 2. The number of aryl methyl sites for hydroxylation is 1. The molecule has 1 amide bonds. The molecule has 178 valence electrons. The number of sulfonamides is 1. The fraction of sp³-hybridized carbons (Fsp3) is 0.480. The van der Waals surface area contributed by atoms with Gasteiger partial charge in [-0.1, -0.05) is 31.2 Å². The van der Waals surface area contributed by atoms with Crippen molar-refractivity contribution in [2.24, 2.45) is 0 Å². The summed E-state index contributed by atoms with van der Waals surface area (Å²) in [7, 11) is -3.65. The lowest BCUT2D eigenvalue weighted by Crippen LogP contribution is -2.39. The zero-order valence-electron chi connectivity index (χ0n) is 19.2. The highest BCUT2D eigenvalue weighted by atomic mass is 32.2. The van der Waals surface area contributed by atoms with Gasteiger partial charge in [0.25, 0.3) is 10.0 Å². The Morgan fingerprint density at radius 2 is 1.70 bits per heavy atom. The van der Waals surface area contributed by atoms with Gasteiger partial charge in [-0.2, -0.15) is 0 Å². The fourth-order valence-electron chi connectivity index (χ4n) is 4.25. The summed E-state index contributed by atoms with van der Waals surface area (Å²) in [5.74, 6) is 0.0637. The van der Waals surface area contributed by atoms with E-state index in [1.165, 1.54) is 0 Å². The molecule has 2 aliphatic rings. The van der Waals surface area contributed by atoms with Crippen LogP contribution >= 0.6 is 0 Å². The average Bonchev–Trinajstić information content (AvgIpc) is 3.65. The van der Waals surface area contributed by atoms with Crippen LogP contribution in [0.3, 0.4) is 0 Å². The van der Waals surface area contributed by atoms with E-state index in [0.29, 0.717) is 12.2 Å². The number of benzene rings is 2. The van der Waals surface area contributed by atoms with E-state index in [1.807, 2.05) is 31.2 Å². The van der Waals surface area contributed by atoms with Gasteiger partial charge in [-0.25, -0.2) is 8.42 Å². The Kier molecular flexibility index (Phi) is 7.36. The third kappa shape index (κ3) is 5.75. The summed E-state index contributed by atoms with van der Waals surface area (Å²) in [4.78, 5) is 15.5. The molecule has 1 heterocycles. The molecule has 1 saturated heterocycles. The Labute approximate surface area is 196 Å². The van der Waals surface area contributed by atoms with Crippen molar-refractivity contribution >= 4 is 21.6 Å². The lowest BCUT2D eigenvalue weighted by Gasteiger charge is -2.26. The summed E-state index contributed by atoms with van der Waals surface area (Å²) >= 11 is 0. The first-order valence-electron chi connectivity index (χ1n) is 11.7. The molecular weight excluding hydrogens is 438 g/mol. The highest BCUT2D eigenvalue weighted by molar-refractivity contribution is 7.92. The van der Waals surface area contributed by atoms with Crippen molar-refractivity contribution in [3.8, 4) is 0 Å². The number of hydrogen-bond acceptors (Lipinski definition) is 5. The minimum Gasteiger partial charge on any atom is -0.379 e. The molecule has 0 bridgehead atoms. The largest absolute Gasteiger partial charge is 0.379 e. The summed E-state index contributed by atoms with van der Waals surface area (Å²) in [6.07, 6.45) is 3.41. The lowest BCUT2D eigenvalue weighted by molar-refractivity contribution is -0.123. The van der Waals surface area contributed by atoms with Gasteiger partial charge in [0.1, 0.15) is 0 Å². The van der Waals surface area contributed by atoms with Crippen LogP contribution in [0.15, 0.2) is 53.4 Å². The van der Waals surface area contributed by atoms with Gasteiger partial charge < -0.3 is 10.1 Å². The molecule has 7 nitrogen and oxygen atoms in total.